The summed E-state index contributed by atoms with van der Waals surface area (Å²) < 4.78 is 0. The lowest BCUT2D eigenvalue weighted by Gasteiger charge is -2.07. The van der Waals surface area contributed by atoms with E-state index in [0.717, 1.165) is 12.0 Å². The van der Waals surface area contributed by atoms with Gasteiger partial charge >= 0.3 is 5.97 Å². The van der Waals surface area contributed by atoms with Crippen LogP contribution in [-0.4, -0.2) is 11.1 Å². The van der Waals surface area contributed by atoms with Crippen molar-refractivity contribution in [2.75, 3.05) is 0 Å². The molecular weight excluding hydrogens is 256 g/mol. The minimum Gasteiger partial charge on any atom is -0.478 e. The summed E-state index contributed by atoms with van der Waals surface area (Å²) in [5.41, 5.74) is 2.80. The van der Waals surface area contributed by atoms with Gasteiger partial charge in [-0.15, -0.1) is 11.3 Å². The molecule has 0 bridgehead atoms. The van der Waals surface area contributed by atoms with Crippen molar-refractivity contribution in [1.29, 1.82) is 0 Å². The zero-order valence-electron chi connectivity index (χ0n) is 11.4. The Bertz CT molecular complexity index is 579. The predicted molar refractivity (Wildman–Crippen MR) is 80.2 cm³/mol. The summed E-state index contributed by atoms with van der Waals surface area (Å²) in [4.78, 5) is 13.5. The summed E-state index contributed by atoms with van der Waals surface area (Å²) in [6.45, 7) is 6.54. The average molecular weight is 274 g/mol. The number of carboxylic acids is 1. The van der Waals surface area contributed by atoms with Gasteiger partial charge in [-0.05, 0) is 41.7 Å². The van der Waals surface area contributed by atoms with E-state index in [1.165, 1.54) is 15.3 Å². The Labute approximate surface area is 117 Å². The van der Waals surface area contributed by atoms with Crippen molar-refractivity contribution in [3.8, 4) is 10.4 Å². The molecule has 0 aliphatic heterocycles. The molecule has 0 saturated carbocycles. The van der Waals surface area contributed by atoms with E-state index in [2.05, 4.69) is 26.8 Å². The van der Waals surface area contributed by atoms with E-state index in [0.29, 0.717) is 11.5 Å². The first-order valence-electron chi connectivity index (χ1n) is 6.49. The molecular formula is C16H18O2S. The highest BCUT2D eigenvalue weighted by molar-refractivity contribution is 7.15. The molecule has 0 aliphatic rings. The minimum absolute atomic E-state index is 0.335. The maximum atomic E-state index is 10.9. The molecule has 1 N–H and O–H groups in total. The summed E-state index contributed by atoms with van der Waals surface area (Å²) in [5, 5.41) is 8.93. The van der Waals surface area contributed by atoms with E-state index in [4.69, 9.17) is 5.11 Å². The van der Waals surface area contributed by atoms with Crippen LogP contribution in [0.5, 0.6) is 0 Å². The molecule has 1 aromatic carbocycles. The third-order valence-corrected chi connectivity index (χ3v) is 4.52. The number of benzene rings is 1. The predicted octanol–water partition coefficient (Wildman–Crippen LogP) is 4.80. The van der Waals surface area contributed by atoms with Crippen LogP contribution in [0, 0.1) is 0 Å². The number of rotatable bonds is 4. The van der Waals surface area contributed by atoms with Crippen LogP contribution in [0.25, 0.3) is 10.4 Å². The van der Waals surface area contributed by atoms with E-state index >= 15 is 0 Å². The first-order chi connectivity index (χ1) is 9.02. The maximum absolute atomic E-state index is 10.9. The summed E-state index contributed by atoms with van der Waals surface area (Å²) in [7, 11) is 0. The van der Waals surface area contributed by atoms with Gasteiger partial charge in [-0.3, -0.25) is 0 Å². The quantitative estimate of drug-likeness (QED) is 0.869. The Morgan fingerprint density at radius 1 is 1.26 bits per heavy atom. The van der Waals surface area contributed by atoms with Gasteiger partial charge < -0.3 is 5.11 Å². The van der Waals surface area contributed by atoms with Gasteiger partial charge in [-0.1, -0.05) is 32.9 Å². The Balaban J connectivity index is 2.45. The van der Waals surface area contributed by atoms with Crippen molar-refractivity contribution in [2.45, 2.75) is 33.1 Å². The Morgan fingerprint density at radius 3 is 2.37 bits per heavy atom. The van der Waals surface area contributed by atoms with Crippen LogP contribution in [0.3, 0.4) is 0 Å². The fourth-order valence-corrected chi connectivity index (χ4v) is 3.31. The number of aryl methyl sites for hydroxylation is 1. The molecule has 100 valence electrons. The number of aromatic carboxylic acids is 1. The minimum atomic E-state index is -0.879. The molecule has 0 saturated heterocycles. The van der Waals surface area contributed by atoms with Gasteiger partial charge in [0.1, 0.15) is 0 Å². The van der Waals surface area contributed by atoms with Crippen LogP contribution >= 0.6 is 11.3 Å². The van der Waals surface area contributed by atoms with Crippen LogP contribution in [0.2, 0.25) is 0 Å². The van der Waals surface area contributed by atoms with E-state index in [1.54, 1.807) is 12.1 Å². The maximum Gasteiger partial charge on any atom is 0.335 e. The highest BCUT2D eigenvalue weighted by Crippen LogP contribution is 2.37. The zero-order chi connectivity index (χ0) is 14.0. The first-order valence-corrected chi connectivity index (χ1v) is 7.31. The largest absolute Gasteiger partial charge is 0.478 e. The normalized spacial score (nSPS) is 10.9. The monoisotopic (exact) mass is 274 g/mol. The second-order valence-electron chi connectivity index (χ2n) is 4.89. The highest BCUT2D eigenvalue weighted by atomic mass is 32.1. The van der Waals surface area contributed by atoms with Crippen molar-refractivity contribution < 1.29 is 9.90 Å². The molecule has 0 aliphatic carbocycles. The molecule has 0 unspecified atom stereocenters. The lowest BCUT2D eigenvalue weighted by atomic mass is 9.99. The molecule has 19 heavy (non-hydrogen) atoms. The fourth-order valence-electron chi connectivity index (χ4n) is 2.05. The smallest absolute Gasteiger partial charge is 0.335 e. The number of thiophene rings is 1. The molecule has 3 heteroatoms. The number of hydrogen-bond donors (Lipinski definition) is 1. The third-order valence-electron chi connectivity index (χ3n) is 3.18. The number of carboxylic acid groups (broad SMARTS) is 1. The summed E-state index contributed by atoms with van der Waals surface area (Å²) >= 11 is 1.81. The van der Waals surface area contributed by atoms with Crippen molar-refractivity contribution in [3.05, 3.63) is 46.3 Å². The van der Waals surface area contributed by atoms with Gasteiger partial charge in [0.25, 0.3) is 0 Å². The van der Waals surface area contributed by atoms with Crippen molar-refractivity contribution in [2.24, 2.45) is 0 Å². The van der Waals surface area contributed by atoms with Crippen LogP contribution in [0.4, 0.5) is 0 Å². The molecule has 1 heterocycles. The Kier molecular flexibility index (Phi) is 4.05. The van der Waals surface area contributed by atoms with Gasteiger partial charge in [0.05, 0.1) is 5.56 Å². The van der Waals surface area contributed by atoms with Gasteiger partial charge in [0.2, 0.25) is 0 Å². The van der Waals surface area contributed by atoms with Crippen molar-refractivity contribution in [1.82, 2.24) is 0 Å². The molecule has 2 nitrogen and oxygen atoms in total. The highest BCUT2D eigenvalue weighted by Gasteiger charge is 2.13. The lowest BCUT2D eigenvalue weighted by molar-refractivity contribution is 0.0697. The first kappa shape index (κ1) is 13.8. The topological polar surface area (TPSA) is 37.3 Å². The Morgan fingerprint density at radius 2 is 1.89 bits per heavy atom. The number of hydrogen-bond acceptors (Lipinski definition) is 2. The van der Waals surface area contributed by atoms with Gasteiger partial charge in [0, 0.05) is 9.75 Å². The van der Waals surface area contributed by atoms with E-state index in [9.17, 15) is 4.79 Å². The van der Waals surface area contributed by atoms with Crippen molar-refractivity contribution in [3.63, 3.8) is 0 Å². The van der Waals surface area contributed by atoms with Crippen LogP contribution in [0.15, 0.2) is 30.3 Å². The van der Waals surface area contributed by atoms with Gasteiger partial charge in [0.15, 0.2) is 0 Å². The fraction of sp³-hybridized carbons (Fsp3) is 0.312. The van der Waals surface area contributed by atoms with Crippen molar-refractivity contribution >= 4 is 17.3 Å². The summed E-state index contributed by atoms with van der Waals surface area (Å²) in [6, 6.07) is 9.43. The van der Waals surface area contributed by atoms with Crippen LogP contribution in [-0.2, 0) is 6.42 Å². The summed E-state index contributed by atoms with van der Waals surface area (Å²) in [6.07, 6.45) is 1.04. The molecule has 2 aromatic rings. The zero-order valence-corrected chi connectivity index (χ0v) is 12.3. The molecule has 1 aromatic heterocycles. The van der Waals surface area contributed by atoms with E-state index in [-0.39, 0.29) is 0 Å². The Hall–Kier alpha value is -1.61. The molecule has 0 amide bonds. The number of carbonyl (C=O) groups is 1. The van der Waals surface area contributed by atoms with Crippen LogP contribution < -0.4 is 0 Å². The lowest BCUT2D eigenvalue weighted by Crippen LogP contribution is -1.95. The summed E-state index contributed by atoms with van der Waals surface area (Å²) in [5.74, 6) is -0.401. The molecule has 0 fully saturated rings. The standard InChI is InChI=1S/C16H18O2S/c1-4-13-9-14(10(2)3)15(19-13)11-5-7-12(8-6-11)16(17)18/h5-10H,4H2,1-3H3,(H,17,18). The molecule has 0 spiro atoms. The van der Waals surface area contributed by atoms with Crippen LogP contribution in [0.1, 0.15) is 47.5 Å². The molecule has 0 radical (unpaired) electrons. The molecule has 0 atom stereocenters. The third kappa shape index (κ3) is 2.87. The average Bonchev–Trinajstić information content (AvgIpc) is 2.83. The second kappa shape index (κ2) is 5.57. The second-order valence-corrected chi connectivity index (χ2v) is 6.02. The van der Waals surface area contributed by atoms with Gasteiger partial charge in [-0.25, -0.2) is 4.79 Å². The van der Waals surface area contributed by atoms with E-state index < -0.39 is 5.97 Å². The SMILES string of the molecule is CCc1cc(C(C)C)c(-c2ccc(C(=O)O)cc2)s1. The molecule has 2 rings (SSSR count). The van der Waals surface area contributed by atoms with Gasteiger partial charge in [-0.2, -0.15) is 0 Å². The van der Waals surface area contributed by atoms with E-state index in [1.807, 2.05) is 23.5 Å².